The molecule has 1 atom stereocenters. The Balaban J connectivity index is 2.36. The number of nitrogens with one attached hydrogen (secondary N) is 1. The summed E-state index contributed by atoms with van der Waals surface area (Å²) in [6, 6.07) is 13.7. The first-order valence-electron chi connectivity index (χ1n) is 6.80. The third-order valence-electron chi connectivity index (χ3n) is 3.52. The van der Waals surface area contributed by atoms with Crippen molar-refractivity contribution >= 4 is 11.7 Å². The smallest absolute Gasteiger partial charge is 0.335 e. The highest BCUT2D eigenvalue weighted by Gasteiger charge is 2.36. The van der Waals surface area contributed by atoms with E-state index in [1.807, 2.05) is 12.1 Å². The van der Waals surface area contributed by atoms with Crippen LogP contribution < -0.4 is 10.1 Å². The molecular weight excluding hydrogens is 282 g/mol. The number of aromatic hydroxyl groups is 1. The number of ether oxygens (including phenoxy) is 2. The van der Waals surface area contributed by atoms with Crippen molar-refractivity contribution in [3.05, 3.63) is 54.1 Å². The van der Waals surface area contributed by atoms with Gasteiger partial charge < -0.3 is 19.9 Å². The van der Waals surface area contributed by atoms with Crippen molar-refractivity contribution in [1.29, 1.82) is 0 Å². The van der Waals surface area contributed by atoms with Gasteiger partial charge in [-0.3, -0.25) is 0 Å². The van der Waals surface area contributed by atoms with E-state index in [0.29, 0.717) is 5.56 Å². The average molecular weight is 301 g/mol. The number of hydrogen-bond acceptors (Lipinski definition) is 5. The van der Waals surface area contributed by atoms with Gasteiger partial charge in [0.1, 0.15) is 11.5 Å². The minimum absolute atomic E-state index is 0.139. The number of methoxy groups -OCH3 is 2. The standard InChI is InChI=1S/C17H19NO4/c1-17(16(20)22-3,12-4-8-14(19)9-5-12)18-13-6-10-15(21-2)11-7-13/h4-11,18-19H,1-3H3. The summed E-state index contributed by atoms with van der Waals surface area (Å²) < 4.78 is 10.0. The summed E-state index contributed by atoms with van der Waals surface area (Å²) >= 11 is 0. The second-order valence-corrected chi connectivity index (χ2v) is 5.02. The van der Waals surface area contributed by atoms with E-state index in [1.54, 1.807) is 38.3 Å². The van der Waals surface area contributed by atoms with Gasteiger partial charge in [0, 0.05) is 5.69 Å². The van der Waals surface area contributed by atoms with Crippen LogP contribution in [0.15, 0.2) is 48.5 Å². The third-order valence-corrected chi connectivity index (χ3v) is 3.52. The van der Waals surface area contributed by atoms with Crippen LogP contribution >= 0.6 is 0 Å². The Morgan fingerprint density at radius 1 is 1.05 bits per heavy atom. The summed E-state index contributed by atoms with van der Waals surface area (Å²) in [5.41, 5.74) is 0.367. The fourth-order valence-corrected chi connectivity index (χ4v) is 2.20. The number of rotatable bonds is 5. The maximum atomic E-state index is 12.3. The van der Waals surface area contributed by atoms with Gasteiger partial charge in [0.15, 0.2) is 5.54 Å². The quantitative estimate of drug-likeness (QED) is 0.831. The molecule has 0 aliphatic rings. The molecule has 5 heteroatoms. The lowest BCUT2D eigenvalue weighted by Crippen LogP contribution is -2.41. The molecule has 0 saturated heterocycles. The van der Waals surface area contributed by atoms with Crippen molar-refractivity contribution in [2.45, 2.75) is 12.5 Å². The van der Waals surface area contributed by atoms with Crippen LogP contribution in [0.5, 0.6) is 11.5 Å². The zero-order valence-electron chi connectivity index (χ0n) is 12.8. The van der Waals surface area contributed by atoms with Crippen LogP contribution in [0.1, 0.15) is 12.5 Å². The van der Waals surface area contributed by atoms with E-state index in [1.165, 1.54) is 19.2 Å². The van der Waals surface area contributed by atoms with E-state index in [2.05, 4.69) is 5.32 Å². The van der Waals surface area contributed by atoms with Gasteiger partial charge in [-0.15, -0.1) is 0 Å². The molecule has 2 aromatic carbocycles. The highest BCUT2D eigenvalue weighted by molar-refractivity contribution is 5.85. The van der Waals surface area contributed by atoms with Gasteiger partial charge >= 0.3 is 5.97 Å². The van der Waals surface area contributed by atoms with E-state index >= 15 is 0 Å². The molecule has 0 aliphatic carbocycles. The van der Waals surface area contributed by atoms with Crippen molar-refractivity contribution in [1.82, 2.24) is 0 Å². The van der Waals surface area contributed by atoms with Crippen molar-refractivity contribution in [2.75, 3.05) is 19.5 Å². The minimum Gasteiger partial charge on any atom is -0.508 e. The van der Waals surface area contributed by atoms with E-state index < -0.39 is 11.5 Å². The van der Waals surface area contributed by atoms with Crippen LogP contribution in [-0.4, -0.2) is 25.3 Å². The van der Waals surface area contributed by atoms with E-state index in [9.17, 15) is 9.90 Å². The first-order chi connectivity index (χ1) is 10.5. The van der Waals surface area contributed by atoms with Gasteiger partial charge in [-0.25, -0.2) is 4.79 Å². The van der Waals surface area contributed by atoms with Gasteiger partial charge in [0.25, 0.3) is 0 Å². The molecule has 116 valence electrons. The number of phenols is 1. The number of esters is 1. The monoisotopic (exact) mass is 301 g/mol. The van der Waals surface area contributed by atoms with Gasteiger partial charge in [-0.2, -0.15) is 0 Å². The molecule has 22 heavy (non-hydrogen) atoms. The Kier molecular flexibility index (Phi) is 4.56. The highest BCUT2D eigenvalue weighted by Crippen LogP contribution is 2.29. The van der Waals surface area contributed by atoms with Gasteiger partial charge in [0.2, 0.25) is 0 Å². The molecule has 0 fully saturated rings. The Labute approximate surface area is 129 Å². The first kappa shape index (κ1) is 15.7. The zero-order valence-corrected chi connectivity index (χ0v) is 12.8. The molecule has 0 saturated carbocycles. The summed E-state index contributed by atoms with van der Waals surface area (Å²) in [5, 5.41) is 12.6. The van der Waals surface area contributed by atoms with Crippen LogP contribution in [0.4, 0.5) is 5.69 Å². The topological polar surface area (TPSA) is 67.8 Å². The van der Waals surface area contributed by atoms with E-state index in [4.69, 9.17) is 9.47 Å². The SMILES string of the molecule is COC(=O)C(C)(Nc1ccc(OC)cc1)c1ccc(O)cc1. The molecule has 2 N–H and O–H groups in total. The Morgan fingerprint density at radius 2 is 1.64 bits per heavy atom. The number of phenolic OH excluding ortho intramolecular Hbond substituents is 1. The molecule has 0 bridgehead atoms. The summed E-state index contributed by atoms with van der Waals surface area (Å²) in [7, 11) is 2.94. The fourth-order valence-electron chi connectivity index (χ4n) is 2.20. The lowest BCUT2D eigenvalue weighted by molar-refractivity contribution is -0.145. The second kappa shape index (κ2) is 6.39. The molecule has 1 unspecified atom stereocenters. The lowest BCUT2D eigenvalue weighted by Gasteiger charge is -2.29. The van der Waals surface area contributed by atoms with E-state index in [-0.39, 0.29) is 5.75 Å². The van der Waals surface area contributed by atoms with Crippen molar-refractivity contribution in [3.63, 3.8) is 0 Å². The molecule has 0 amide bonds. The Bertz CT molecular complexity index is 637. The highest BCUT2D eigenvalue weighted by atomic mass is 16.5. The molecule has 0 spiro atoms. The van der Waals surface area contributed by atoms with Gasteiger partial charge in [0.05, 0.1) is 14.2 Å². The van der Waals surface area contributed by atoms with Crippen molar-refractivity contribution in [2.24, 2.45) is 0 Å². The van der Waals surface area contributed by atoms with E-state index in [0.717, 1.165) is 11.4 Å². The average Bonchev–Trinajstić information content (AvgIpc) is 2.55. The number of anilines is 1. The van der Waals surface area contributed by atoms with Gasteiger partial charge in [-0.05, 0) is 48.9 Å². The molecule has 0 aromatic heterocycles. The molecule has 0 radical (unpaired) electrons. The fraction of sp³-hybridized carbons (Fsp3) is 0.235. The molecular formula is C17H19NO4. The maximum Gasteiger partial charge on any atom is 0.335 e. The molecule has 5 nitrogen and oxygen atoms in total. The summed E-state index contributed by atoms with van der Waals surface area (Å²) in [4.78, 5) is 12.3. The number of carbonyl (C=O) groups excluding carboxylic acids is 1. The third kappa shape index (κ3) is 3.14. The van der Waals surface area contributed by atoms with Gasteiger partial charge in [-0.1, -0.05) is 12.1 Å². The molecule has 0 heterocycles. The maximum absolute atomic E-state index is 12.3. The van der Waals surface area contributed by atoms with Crippen LogP contribution in [0.3, 0.4) is 0 Å². The summed E-state index contributed by atoms with van der Waals surface area (Å²) in [5.74, 6) is 0.448. The zero-order chi connectivity index (χ0) is 16.2. The number of carbonyl (C=O) groups is 1. The predicted molar refractivity (Wildman–Crippen MR) is 84.1 cm³/mol. The molecule has 0 aliphatic heterocycles. The van der Waals surface area contributed by atoms with Crippen LogP contribution in [0.2, 0.25) is 0 Å². The summed E-state index contributed by atoms with van der Waals surface area (Å²) in [6.45, 7) is 1.73. The van der Waals surface area contributed by atoms with Crippen molar-refractivity contribution < 1.29 is 19.4 Å². The van der Waals surface area contributed by atoms with Crippen LogP contribution in [0.25, 0.3) is 0 Å². The first-order valence-corrected chi connectivity index (χ1v) is 6.80. The Morgan fingerprint density at radius 3 is 2.14 bits per heavy atom. The number of hydrogen-bond donors (Lipinski definition) is 2. The minimum atomic E-state index is -1.07. The summed E-state index contributed by atoms with van der Waals surface area (Å²) in [6.07, 6.45) is 0. The normalized spacial score (nSPS) is 13.0. The predicted octanol–water partition coefficient (Wildman–Crippen LogP) is 2.90. The lowest BCUT2D eigenvalue weighted by atomic mass is 9.91. The van der Waals surface area contributed by atoms with Crippen LogP contribution in [-0.2, 0) is 15.1 Å². The second-order valence-electron chi connectivity index (χ2n) is 5.02. The molecule has 2 rings (SSSR count). The largest absolute Gasteiger partial charge is 0.508 e. The number of benzene rings is 2. The molecule has 2 aromatic rings. The van der Waals surface area contributed by atoms with Crippen LogP contribution in [0, 0.1) is 0 Å². The van der Waals surface area contributed by atoms with Crippen molar-refractivity contribution in [3.8, 4) is 11.5 Å². The Hall–Kier alpha value is -2.69.